The molecule has 5 nitrogen and oxygen atoms in total. The molecule has 0 aromatic heterocycles. The van der Waals surface area contributed by atoms with Gasteiger partial charge in [0, 0.05) is 18.1 Å². The fourth-order valence-corrected chi connectivity index (χ4v) is 3.21. The molecule has 1 aromatic rings. The number of carboxylic acids is 1. The van der Waals surface area contributed by atoms with E-state index in [2.05, 4.69) is 22.5 Å². The van der Waals surface area contributed by atoms with E-state index in [1.807, 2.05) is 0 Å². The topological polar surface area (TPSA) is 74.7 Å². The molecular weight excluding hydrogens is 341 g/mol. The molecule has 1 N–H and O–H groups in total. The molecule has 0 saturated carbocycles. The van der Waals surface area contributed by atoms with E-state index in [9.17, 15) is 17.6 Å². The van der Waals surface area contributed by atoms with E-state index in [4.69, 9.17) is 5.11 Å². The molecule has 104 valence electrons. The molecule has 0 bridgehead atoms. The van der Waals surface area contributed by atoms with E-state index < -0.39 is 32.3 Å². The van der Waals surface area contributed by atoms with E-state index in [0.29, 0.717) is 0 Å². The Hall–Kier alpha value is -1.25. The van der Waals surface area contributed by atoms with Crippen molar-refractivity contribution in [2.75, 3.05) is 13.6 Å². The number of nitrogens with zero attached hydrogens (tertiary/aromatic N) is 1. The molecule has 0 spiro atoms. The number of aromatic carboxylic acids is 1. The third-order valence-electron chi connectivity index (χ3n) is 2.31. The number of carboxylic acid groups (broad SMARTS) is 1. The van der Waals surface area contributed by atoms with Crippen LogP contribution in [0.4, 0.5) is 4.39 Å². The molecule has 19 heavy (non-hydrogen) atoms. The summed E-state index contributed by atoms with van der Waals surface area (Å²) in [7, 11) is -2.87. The third-order valence-corrected chi connectivity index (χ3v) is 4.59. The summed E-state index contributed by atoms with van der Waals surface area (Å²) in [5.41, 5.74) is -0.708. The van der Waals surface area contributed by atoms with Crippen molar-refractivity contribution < 1.29 is 22.7 Å². The van der Waals surface area contributed by atoms with Crippen LogP contribution in [0, 0.1) is 5.82 Å². The maximum Gasteiger partial charge on any atom is 0.338 e. The van der Waals surface area contributed by atoms with Gasteiger partial charge in [-0.1, -0.05) is 22.0 Å². The smallest absolute Gasteiger partial charge is 0.338 e. The van der Waals surface area contributed by atoms with Crippen LogP contribution in [0.5, 0.6) is 0 Å². The average molecular weight is 352 g/mol. The summed E-state index contributed by atoms with van der Waals surface area (Å²) in [5, 5.41) is 8.84. The Morgan fingerprint density at radius 2 is 2.16 bits per heavy atom. The van der Waals surface area contributed by atoms with Crippen LogP contribution >= 0.6 is 15.9 Å². The van der Waals surface area contributed by atoms with Crippen molar-refractivity contribution in [1.82, 2.24) is 4.31 Å². The molecular formula is C11H11BrFNO4S. The van der Waals surface area contributed by atoms with Gasteiger partial charge in [0.25, 0.3) is 0 Å². The fourth-order valence-electron chi connectivity index (χ4n) is 1.36. The second kappa shape index (κ2) is 5.81. The Labute approximate surface area is 118 Å². The first-order valence-corrected chi connectivity index (χ1v) is 7.24. The lowest BCUT2D eigenvalue weighted by Crippen LogP contribution is -2.28. The van der Waals surface area contributed by atoms with Gasteiger partial charge in [-0.3, -0.25) is 0 Å². The summed E-state index contributed by atoms with van der Waals surface area (Å²) >= 11 is 2.96. The van der Waals surface area contributed by atoms with Gasteiger partial charge >= 0.3 is 5.97 Å². The minimum absolute atomic E-state index is 0.0172. The van der Waals surface area contributed by atoms with Crippen molar-refractivity contribution in [3.05, 3.63) is 40.6 Å². The van der Waals surface area contributed by atoms with Crippen molar-refractivity contribution in [3.63, 3.8) is 0 Å². The van der Waals surface area contributed by atoms with E-state index in [1.165, 1.54) is 13.1 Å². The average Bonchev–Trinajstić information content (AvgIpc) is 2.31. The normalized spacial score (nSPS) is 11.6. The summed E-state index contributed by atoms with van der Waals surface area (Å²) in [6.07, 6.45) is 1.34. The van der Waals surface area contributed by atoms with Gasteiger partial charge in [0.05, 0.1) is 5.56 Å². The first-order valence-electron chi connectivity index (χ1n) is 5.01. The largest absolute Gasteiger partial charge is 0.478 e. The molecule has 0 amide bonds. The number of benzene rings is 1. The molecule has 0 aliphatic heterocycles. The van der Waals surface area contributed by atoms with Crippen molar-refractivity contribution in [2.24, 2.45) is 0 Å². The molecule has 0 aliphatic rings. The Bertz CT molecular complexity index is 630. The predicted octanol–water partition coefficient (Wildman–Crippen LogP) is 2.09. The van der Waals surface area contributed by atoms with Crippen LogP contribution in [-0.4, -0.2) is 37.4 Å². The van der Waals surface area contributed by atoms with Gasteiger partial charge in [-0.15, -0.1) is 6.58 Å². The molecule has 0 atom stereocenters. The highest BCUT2D eigenvalue weighted by atomic mass is 79.9. The second-order valence-electron chi connectivity index (χ2n) is 3.64. The maximum atomic E-state index is 14.0. The highest BCUT2D eigenvalue weighted by molar-refractivity contribution is 9.10. The quantitative estimate of drug-likeness (QED) is 0.824. The Morgan fingerprint density at radius 1 is 1.58 bits per heavy atom. The van der Waals surface area contributed by atoms with Gasteiger partial charge in [0.2, 0.25) is 10.0 Å². The van der Waals surface area contributed by atoms with E-state index in [1.54, 1.807) is 0 Å². The van der Waals surface area contributed by atoms with Crippen molar-refractivity contribution >= 4 is 31.9 Å². The Kier molecular flexibility index (Phi) is 4.83. The lowest BCUT2D eigenvalue weighted by Gasteiger charge is -2.16. The molecule has 0 radical (unpaired) electrons. The summed E-state index contributed by atoms with van der Waals surface area (Å²) in [4.78, 5) is 10.2. The lowest BCUT2D eigenvalue weighted by molar-refractivity contribution is 0.0691. The molecule has 0 saturated heterocycles. The Balaban J connectivity index is 3.51. The number of halogens is 2. The zero-order chi connectivity index (χ0) is 14.8. The van der Waals surface area contributed by atoms with Gasteiger partial charge in [0.15, 0.2) is 5.82 Å². The molecule has 0 fully saturated rings. The highest BCUT2D eigenvalue weighted by Gasteiger charge is 2.27. The minimum Gasteiger partial charge on any atom is -0.478 e. The lowest BCUT2D eigenvalue weighted by atomic mass is 10.2. The minimum atomic E-state index is -4.12. The van der Waals surface area contributed by atoms with Gasteiger partial charge in [-0.25, -0.2) is 17.6 Å². The number of rotatable bonds is 5. The molecule has 0 heterocycles. The zero-order valence-corrected chi connectivity index (χ0v) is 12.3. The number of hydrogen-bond acceptors (Lipinski definition) is 3. The van der Waals surface area contributed by atoms with Crippen LogP contribution in [0.3, 0.4) is 0 Å². The van der Waals surface area contributed by atoms with Crippen LogP contribution < -0.4 is 0 Å². The number of hydrogen-bond donors (Lipinski definition) is 1. The van der Waals surface area contributed by atoms with Crippen molar-refractivity contribution in [3.8, 4) is 0 Å². The van der Waals surface area contributed by atoms with Gasteiger partial charge in [-0.05, 0) is 12.1 Å². The molecule has 0 unspecified atom stereocenters. The standard InChI is InChI=1S/C11H11BrFNO4S/c1-3-4-14(2)19(17,18)9-6-7(12)5-8(10(9)13)11(15)16/h3,5-6H,1,4H2,2H3,(H,15,16). The number of likely N-dealkylation sites (N-methyl/N-ethyl adjacent to an activating group) is 1. The summed E-state index contributed by atoms with van der Waals surface area (Å²) in [6, 6.07) is 2.03. The number of sulfonamides is 1. The summed E-state index contributed by atoms with van der Waals surface area (Å²) in [6.45, 7) is 3.37. The first kappa shape index (κ1) is 15.8. The SMILES string of the molecule is C=CCN(C)S(=O)(=O)c1cc(Br)cc(C(=O)O)c1F. The van der Waals surface area contributed by atoms with Crippen molar-refractivity contribution in [1.29, 1.82) is 0 Å². The highest BCUT2D eigenvalue weighted by Crippen LogP contribution is 2.26. The second-order valence-corrected chi connectivity index (χ2v) is 6.57. The molecule has 1 rings (SSSR count). The van der Waals surface area contributed by atoms with E-state index in [-0.39, 0.29) is 11.0 Å². The van der Waals surface area contributed by atoms with Crippen LogP contribution in [0.15, 0.2) is 34.2 Å². The summed E-state index contributed by atoms with van der Waals surface area (Å²) in [5.74, 6) is -2.83. The van der Waals surface area contributed by atoms with Crippen molar-refractivity contribution in [2.45, 2.75) is 4.90 Å². The van der Waals surface area contributed by atoms with Crippen LogP contribution in [0.1, 0.15) is 10.4 Å². The maximum absolute atomic E-state index is 14.0. The third kappa shape index (κ3) is 3.20. The number of carbonyl (C=O) groups is 1. The van der Waals surface area contributed by atoms with Crippen LogP contribution in [-0.2, 0) is 10.0 Å². The van der Waals surface area contributed by atoms with Gasteiger partial charge < -0.3 is 5.11 Å². The monoisotopic (exact) mass is 351 g/mol. The predicted molar refractivity (Wildman–Crippen MR) is 71.1 cm³/mol. The zero-order valence-electron chi connectivity index (χ0n) is 9.93. The molecule has 8 heteroatoms. The van der Waals surface area contributed by atoms with E-state index in [0.717, 1.165) is 16.4 Å². The fraction of sp³-hybridized carbons (Fsp3) is 0.182. The Morgan fingerprint density at radius 3 is 2.63 bits per heavy atom. The first-order chi connectivity index (χ1) is 8.71. The molecule has 0 aliphatic carbocycles. The summed E-state index contributed by atoms with van der Waals surface area (Å²) < 4.78 is 39.2. The van der Waals surface area contributed by atoms with Gasteiger partial charge in [-0.2, -0.15) is 4.31 Å². The van der Waals surface area contributed by atoms with Gasteiger partial charge in [0.1, 0.15) is 4.90 Å². The molecule has 1 aromatic carbocycles. The van der Waals surface area contributed by atoms with Crippen LogP contribution in [0.25, 0.3) is 0 Å². The van der Waals surface area contributed by atoms with E-state index >= 15 is 0 Å². The van der Waals surface area contributed by atoms with Crippen LogP contribution in [0.2, 0.25) is 0 Å².